The molecule has 0 fully saturated rings. The number of para-hydroxylation sites is 3. The number of unbranched alkanes of at least 4 members (excludes halogenated alkanes) is 1. The predicted molar refractivity (Wildman–Crippen MR) is 107 cm³/mol. The van der Waals surface area contributed by atoms with Crippen LogP contribution in [0, 0.1) is 0 Å². The number of carbonyl (C=O) groups excluding carboxylic acids is 1. The first-order chi connectivity index (χ1) is 12.7. The second-order valence-corrected chi connectivity index (χ2v) is 5.91. The lowest BCUT2D eigenvalue weighted by molar-refractivity contribution is -0.111. The standard InChI is InChI=1S/C22H27NO3/c1-3-5-17-26-21-13-9-7-11-19(21)23-22(24)15-14-18-10-6-8-12-20(18)25-16-4-2/h6-15H,3-5,16-17H2,1-2H3,(H,23,24). The molecule has 2 aromatic carbocycles. The Hall–Kier alpha value is -2.75. The van der Waals surface area contributed by atoms with Gasteiger partial charge >= 0.3 is 0 Å². The fourth-order valence-electron chi connectivity index (χ4n) is 2.32. The van der Waals surface area contributed by atoms with Crippen molar-refractivity contribution in [3.8, 4) is 11.5 Å². The number of carbonyl (C=O) groups is 1. The van der Waals surface area contributed by atoms with Crippen molar-refractivity contribution in [1.29, 1.82) is 0 Å². The Kier molecular flexibility index (Phi) is 8.27. The number of hydrogen-bond donors (Lipinski definition) is 1. The monoisotopic (exact) mass is 353 g/mol. The third kappa shape index (κ3) is 6.28. The molecule has 26 heavy (non-hydrogen) atoms. The van der Waals surface area contributed by atoms with Crippen LogP contribution in [0.2, 0.25) is 0 Å². The summed E-state index contributed by atoms with van der Waals surface area (Å²) >= 11 is 0. The first kappa shape index (κ1) is 19.6. The molecule has 138 valence electrons. The molecule has 1 N–H and O–H groups in total. The maximum absolute atomic E-state index is 12.3. The van der Waals surface area contributed by atoms with Gasteiger partial charge in [0.25, 0.3) is 0 Å². The highest BCUT2D eigenvalue weighted by Crippen LogP contribution is 2.24. The third-order valence-corrected chi connectivity index (χ3v) is 3.70. The Morgan fingerprint density at radius 3 is 2.38 bits per heavy atom. The number of rotatable bonds is 10. The van der Waals surface area contributed by atoms with E-state index in [0.717, 1.165) is 30.6 Å². The molecule has 2 aromatic rings. The lowest BCUT2D eigenvalue weighted by Crippen LogP contribution is -2.09. The average molecular weight is 353 g/mol. The molecular weight excluding hydrogens is 326 g/mol. The zero-order valence-corrected chi connectivity index (χ0v) is 15.5. The van der Waals surface area contributed by atoms with Crippen LogP contribution in [-0.4, -0.2) is 19.1 Å². The van der Waals surface area contributed by atoms with E-state index < -0.39 is 0 Å². The van der Waals surface area contributed by atoms with Crippen molar-refractivity contribution in [1.82, 2.24) is 0 Å². The van der Waals surface area contributed by atoms with Crippen LogP contribution >= 0.6 is 0 Å². The van der Waals surface area contributed by atoms with E-state index in [-0.39, 0.29) is 5.91 Å². The molecule has 0 spiro atoms. The van der Waals surface area contributed by atoms with Crippen LogP contribution in [0.25, 0.3) is 6.08 Å². The molecule has 0 aliphatic heterocycles. The van der Waals surface area contributed by atoms with Crippen molar-refractivity contribution in [3.63, 3.8) is 0 Å². The summed E-state index contributed by atoms with van der Waals surface area (Å²) in [7, 11) is 0. The number of amides is 1. The van der Waals surface area contributed by atoms with Gasteiger partial charge in [0.05, 0.1) is 18.9 Å². The molecule has 0 saturated heterocycles. The maximum Gasteiger partial charge on any atom is 0.248 e. The summed E-state index contributed by atoms with van der Waals surface area (Å²) in [6.45, 7) is 5.47. The largest absolute Gasteiger partial charge is 0.493 e. The summed E-state index contributed by atoms with van der Waals surface area (Å²) in [5.74, 6) is 1.26. The van der Waals surface area contributed by atoms with E-state index in [2.05, 4.69) is 19.2 Å². The van der Waals surface area contributed by atoms with E-state index in [9.17, 15) is 4.79 Å². The van der Waals surface area contributed by atoms with E-state index in [4.69, 9.17) is 9.47 Å². The molecule has 0 aliphatic carbocycles. The van der Waals surface area contributed by atoms with Gasteiger partial charge in [-0.25, -0.2) is 0 Å². The van der Waals surface area contributed by atoms with E-state index in [1.165, 1.54) is 6.08 Å². The number of nitrogens with one attached hydrogen (secondary N) is 1. The van der Waals surface area contributed by atoms with Gasteiger partial charge in [-0.2, -0.15) is 0 Å². The van der Waals surface area contributed by atoms with Crippen LogP contribution in [-0.2, 0) is 4.79 Å². The maximum atomic E-state index is 12.3. The lowest BCUT2D eigenvalue weighted by Gasteiger charge is -2.11. The van der Waals surface area contributed by atoms with Crippen molar-refractivity contribution < 1.29 is 14.3 Å². The normalized spacial score (nSPS) is 10.7. The lowest BCUT2D eigenvalue weighted by atomic mass is 10.2. The summed E-state index contributed by atoms with van der Waals surface area (Å²) in [6.07, 6.45) is 6.26. The highest BCUT2D eigenvalue weighted by atomic mass is 16.5. The third-order valence-electron chi connectivity index (χ3n) is 3.70. The Labute approximate surface area is 155 Å². The molecule has 0 bridgehead atoms. The summed E-state index contributed by atoms with van der Waals surface area (Å²) in [5, 5.41) is 2.88. The van der Waals surface area contributed by atoms with E-state index in [1.807, 2.05) is 48.5 Å². The molecule has 1 amide bonds. The minimum Gasteiger partial charge on any atom is -0.493 e. The number of ether oxygens (including phenoxy) is 2. The summed E-state index contributed by atoms with van der Waals surface area (Å²) in [6, 6.07) is 15.2. The van der Waals surface area contributed by atoms with Gasteiger partial charge in [0.15, 0.2) is 0 Å². The van der Waals surface area contributed by atoms with Crippen molar-refractivity contribution >= 4 is 17.7 Å². The summed E-state index contributed by atoms with van der Waals surface area (Å²) in [4.78, 5) is 12.3. The van der Waals surface area contributed by atoms with Crippen LogP contribution in [0.15, 0.2) is 54.6 Å². The molecule has 4 heteroatoms. The number of benzene rings is 2. The number of hydrogen-bond acceptors (Lipinski definition) is 3. The Balaban J connectivity index is 2.02. The zero-order valence-electron chi connectivity index (χ0n) is 15.5. The number of anilines is 1. The predicted octanol–water partition coefficient (Wildman–Crippen LogP) is 5.31. The molecule has 0 heterocycles. The van der Waals surface area contributed by atoms with E-state index in [1.54, 1.807) is 6.08 Å². The molecule has 2 rings (SSSR count). The SMILES string of the molecule is CCCCOc1ccccc1NC(=O)C=Cc1ccccc1OCCC. The fourth-order valence-corrected chi connectivity index (χ4v) is 2.32. The van der Waals surface area contributed by atoms with Gasteiger partial charge in [0, 0.05) is 11.6 Å². The van der Waals surface area contributed by atoms with Gasteiger partial charge in [-0.3, -0.25) is 4.79 Å². The quantitative estimate of drug-likeness (QED) is 0.465. The Morgan fingerprint density at radius 1 is 0.923 bits per heavy atom. The smallest absolute Gasteiger partial charge is 0.248 e. The molecular formula is C22H27NO3. The fraction of sp³-hybridized carbons (Fsp3) is 0.318. The second-order valence-electron chi connectivity index (χ2n) is 5.91. The zero-order chi connectivity index (χ0) is 18.6. The van der Waals surface area contributed by atoms with Crippen LogP contribution in [0.4, 0.5) is 5.69 Å². The second kappa shape index (κ2) is 11.0. The van der Waals surface area contributed by atoms with Crippen LogP contribution in [0.5, 0.6) is 11.5 Å². The molecule has 0 aromatic heterocycles. The Morgan fingerprint density at radius 2 is 1.62 bits per heavy atom. The minimum atomic E-state index is -0.207. The van der Waals surface area contributed by atoms with Crippen molar-refractivity contribution in [2.45, 2.75) is 33.1 Å². The topological polar surface area (TPSA) is 47.6 Å². The summed E-state index contributed by atoms with van der Waals surface area (Å²) in [5.41, 5.74) is 1.55. The van der Waals surface area contributed by atoms with Gasteiger partial charge in [-0.1, -0.05) is 50.6 Å². The van der Waals surface area contributed by atoms with E-state index in [0.29, 0.717) is 24.7 Å². The molecule has 0 saturated carbocycles. The molecule has 0 unspecified atom stereocenters. The van der Waals surface area contributed by atoms with Crippen LogP contribution in [0.1, 0.15) is 38.7 Å². The van der Waals surface area contributed by atoms with E-state index >= 15 is 0 Å². The molecule has 0 aliphatic rings. The summed E-state index contributed by atoms with van der Waals surface area (Å²) < 4.78 is 11.5. The van der Waals surface area contributed by atoms with Gasteiger partial charge < -0.3 is 14.8 Å². The van der Waals surface area contributed by atoms with Gasteiger partial charge in [-0.05, 0) is 37.1 Å². The first-order valence-corrected chi connectivity index (χ1v) is 9.17. The van der Waals surface area contributed by atoms with Crippen LogP contribution < -0.4 is 14.8 Å². The average Bonchev–Trinajstić information content (AvgIpc) is 2.67. The van der Waals surface area contributed by atoms with Crippen molar-refractivity contribution in [2.75, 3.05) is 18.5 Å². The van der Waals surface area contributed by atoms with Crippen molar-refractivity contribution in [3.05, 3.63) is 60.2 Å². The highest BCUT2D eigenvalue weighted by Gasteiger charge is 2.06. The Bertz CT molecular complexity index is 725. The first-order valence-electron chi connectivity index (χ1n) is 9.17. The molecule has 4 nitrogen and oxygen atoms in total. The molecule has 0 atom stereocenters. The molecule has 0 radical (unpaired) electrons. The minimum absolute atomic E-state index is 0.207. The van der Waals surface area contributed by atoms with Gasteiger partial charge in [0.2, 0.25) is 5.91 Å². The van der Waals surface area contributed by atoms with Crippen LogP contribution in [0.3, 0.4) is 0 Å². The van der Waals surface area contributed by atoms with Gasteiger partial charge in [0.1, 0.15) is 11.5 Å². The van der Waals surface area contributed by atoms with Crippen molar-refractivity contribution in [2.24, 2.45) is 0 Å². The van der Waals surface area contributed by atoms with Gasteiger partial charge in [-0.15, -0.1) is 0 Å². The highest BCUT2D eigenvalue weighted by molar-refractivity contribution is 6.02.